The van der Waals surface area contributed by atoms with E-state index < -0.39 is 17.6 Å². The summed E-state index contributed by atoms with van der Waals surface area (Å²) in [5.41, 5.74) is -1.11. The number of nitrogens with one attached hydrogen (secondary N) is 1. The number of likely N-dealkylation sites (tertiary alicyclic amines) is 1. The van der Waals surface area contributed by atoms with Crippen LogP contribution in [0.5, 0.6) is 0 Å². The van der Waals surface area contributed by atoms with Crippen LogP contribution in [0.2, 0.25) is 5.02 Å². The van der Waals surface area contributed by atoms with Gasteiger partial charge >= 0.3 is 11.9 Å². The highest BCUT2D eigenvalue weighted by atomic mass is 35.5. The Morgan fingerprint density at radius 1 is 1.30 bits per heavy atom. The van der Waals surface area contributed by atoms with Crippen molar-refractivity contribution in [3.8, 4) is 0 Å². The summed E-state index contributed by atoms with van der Waals surface area (Å²) in [6.45, 7) is 4.40. The highest BCUT2D eigenvalue weighted by Gasteiger charge is 2.31. The average Bonchev–Trinajstić information content (AvgIpc) is 3.08. The quantitative estimate of drug-likeness (QED) is 0.616. The van der Waals surface area contributed by atoms with Gasteiger partial charge in [-0.3, -0.25) is 14.3 Å². The highest BCUT2D eigenvalue weighted by molar-refractivity contribution is 6.33. The number of benzene rings is 1. The molecule has 3 rings (SSSR count). The van der Waals surface area contributed by atoms with Crippen molar-refractivity contribution in [3.05, 3.63) is 45.1 Å². The molecule has 0 saturated carbocycles. The largest absolute Gasteiger partial charge is 0.416 e. The SMILES string of the molecule is CCn1c(C2CCN(CC(=O)Nc3cc(C(F)(F)F)ccc3Cl)CC2)nn(CCOC)c1=O. The standard InChI is InChI=1S/C21H27ClF3N5O3/c1-3-29-19(27-30(20(29)32)10-11-33-2)14-6-8-28(9-7-14)13-18(31)26-17-12-15(21(23,24)25)4-5-16(17)22/h4-5,12,14H,3,6-11,13H2,1-2H3,(H,26,31). The molecule has 1 aliphatic rings. The van der Waals surface area contributed by atoms with Crippen LogP contribution in [0.4, 0.5) is 18.9 Å². The molecule has 0 radical (unpaired) electrons. The fourth-order valence-electron chi connectivity index (χ4n) is 3.92. The summed E-state index contributed by atoms with van der Waals surface area (Å²) in [6, 6.07) is 2.82. The number of aromatic nitrogens is 3. The summed E-state index contributed by atoms with van der Waals surface area (Å²) in [5.74, 6) is 0.376. The molecule has 33 heavy (non-hydrogen) atoms. The molecular formula is C21H27ClF3N5O3. The van der Waals surface area contributed by atoms with Crippen molar-refractivity contribution in [3.63, 3.8) is 0 Å². The Morgan fingerprint density at radius 2 is 2.00 bits per heavy atom. The molecule has 182 valence electrons. The van der Waals surface area contributed by atoms with Crippen LogP contribution in [-0.4, -0.2) is 58.5 Å². The van der Waals surface area contributed by atoms with Gasteiger partial charge in [-0.05, 0) is 51.1 Å². The number of nitrogens with zero attached hydrogens (tertiary/aromatic N) is 4. The predicted molar refractivity (Wildman–Crippen MR) is 118 cm³/mol. The first-order chi connectivity index (χ1) is 15.6. The third kappa shape index (κ3) is 6.15. The molecule has 1 aromatic carbocycles. The number of hydrogen-bond donors (Lipinski definition) is 1. The van der Waals surface area contributed by atoms with Gasteiger partial charge in [-0.25, -0.2) is 9.48 Å². The fourth-order valence-corrected chi connectivity index (χ4v) is 4.08. The molecule has 0 aliphatic carbocycles. The minimum atomic E-state index is -4.53. The number of carbonyl (C=O) groups is 1. The van der Waals surface area contributed by atoms with Gasteiger partial charge < -0.3 is 10.1 Å². The van der Waals surface area contributed by atoms with Crippen LogP contribution in [0.1, 0.15) is 37.1 Å². The van der Waals surface area contributed by atoms with Gasteiger partial charge in [0.2, 0.25) is 5.91 Å². The lowest BCUT2D eigenvalue weighted by molar-refractivity contribution is -0.137. The fraction of sp³-hybridized carbons (Fsp3) is 0.571. The van der Waals surface area contributed by atoms with E-state index in [2.05, 4.69) is 10.4 Å². The molecule has 2 heterocycles. The lowest BCUT2D eigenvalue weighted by Gasteiger charge is -2.31. The average molecular weight is 490 g/mol. The number of halogens is 4. The molecule has 0 atom stereocenters. The molecular weight excluding hydrogens is 463 g/mol. The number of piperidine rings is 1. The van der Waals surface area contributed by atoms with Crippen LogP contribution < -0.4 is 11.0 Å². The minimum Gasteiger partial charge on any atom is -0.383 e. The molecule has 2 aromatic rings. The van der Waals surface area contributed by atoms with E-state index in [1.54, 1.807) is 11.7 Å². The zero-order valence-corrected chi connectivity index (χ0v) is 19.2. The molecule has 1 fully saturated rings. The first-order valence-electron chi connectivity index (χ1n) is 10.7. The highest BCUT2D eigenvalue weighted by Crippen LogP contribution is 2.34. The number of amides is 1. The van der Waals surface area contributed by atoms with Crippen molar-refractivity contribution in [1.82, 2.24) is 19.2 Å². The van der Waals surface area contributed by atoms with Gasteiger partial charge in [0.05, 0.1) is 36.0 Å². The molecule has 1 N–H and O–H groups in total. The summed E-state index contributed by atoms with van der Waals surface area (Å²) in [7, 11) is 1.57. The Labute approximate surface area is 194 Å². The second kappa shape index (κ2) is 10.7. The van der Waals surface area contributed by atoms with Gasteiger partial charge in [-0.1, -0.05) is 11.6 Å². The van der Waals surface area contributed by atoms with Crippen LogP contribution in [-0.2, 0) is 28.8 Å². The summed E-state index contributed by atoms with van der Waals surface area (Å²) < 4.78 is 46.9. The first-order valence-corrected chi connectivity index (χ1v) is 11.1. The summed E-state index contributed by atoms with van der Waals surface area (Å²) in [5, 5.41) is 7.02. The Balaban J connectivity index is 1.59. The molecule has 1 amide bonds. The van der Waals surface area contributed by atoms with Crippen LogP contribution in [0.3, 0.4) is 0 Å². The van der Waals surface area contributed by atoms with Gasteiger partial charge in [0, 0.05) is 19.6 Å². The van der Waals surface area contributed by atoms with Crippen molar-refractivity contribution in [1.29, 1.82) is 0 Å². The van der Waals surface area contributed by atoms with E-state index in [-0.39, 0.29) is 28.9 Å². The van der Waals surface area contributed by atoms with Crippen molar-refractivity contribution in [2.45, 2.75) is 44.9 Å². The number of alkyl halides is 3. The third-order valence-corrected chi connectivity index (χ3v) is 5.99. The zero-order valence-electron chi connectivity index (χ0n) is 18.5. The lowest BCUT2D eigenvalue weighted by Crippen LogP contribution is -2.39. The Bertz CT molecular complexity index is 1030. The lowest BCUT2D eigenvalue weighted by atomic mass is 9.96. The van der Waals surface area contributed by atoms with Gasteiger partial charge in [0.25, 0.3) is 0 Å². The number of rotatable bonds is 8. The molecule has 0 spiro atoms. The molecule has 0 bridgehead atoms. The smallest absolute Gasteiger partial charge is 0.383 e. The van der Waals surface area contributed by atoms with E-state index in [1.165, 1.54) is 4.68 Å². The molecule has 8 nitrogen and oxygen atoms in total. The zero-order chi connectivity index (χ0) is 24.2. The van der Waals surface area contributed by atoms with E-state index in [1.807, 2.05) is 11.8 Å². The first kappa shape index (κ1) is 25.3. The van der Waals surface area contributed by atoms with E-state index in [4.69, 9.17) is 16.3 Å². The Hall–Kier alpha value is -2.37. The molecule has 1 aliphatic heterocycles. The molecule has 1 aromatic heterocycles. The number of hydrogen-bond acceptors (Lipinski definition) is 5. The van der Waals surface area contributed by atoms with Gasteiger partial charge in [0.1, 0.15) is 5.82 Å². The van der Waals surface area contributed by atoms with Gasteiger partial charge in [0.15, 0.2) is 0 Å². The van der Waals surface area contributed by atoms with E-state index in [0.717, 1.165) is 24.0 Å². The van der Waals surface area contributed by atoms with Gasteiger partial charge in [-0.15, -0.1) is 0 Å². The van der Waals surface area contributed by atoms with E-state index in [9.17, 15) is 22.8 Å². The minimum absolute atomic E-state index is 0.0299. The summed E-state index contributed by atoms with van der Waals surface area (Å²) >= 11 is 5.95. The molecule has 12 heteroatoms. The number of anilines is 1. The molecule has 0 unspecified atom stereocenters. The number of ether oxygens (including phenoxy) is 1. The second-order valence-electron chi connectivity index (χ2n) is 7.89. The predicted octanol–water partition coefficient (Wildman–Crippen LogP) is 3.20. The number of carbonyl (C=O) groups excluding carboxylic acids is 1. The maximum Gasteiger partial charge on any atom is 0.416 e. The van der Waals surface area contributed by atoms with Crippen molar-refractivity contribution in [2.75, 3.05) is 38.7 Å². The Morgan fingerprint density at radius 3 is 2.61 bits per heavy atom. The van der Waals surface area contributed by atoms with E-state index >= 15 is 0 Å². The van der Waals surface area contributed by atoms with E-state index in [0.29, 0.717) is 45.6 Å². The summed E-state index contributed by atoms with van der Waals surface area (Å²) in [4.78, 5) is 26.9. The number of methoxy groups -OCH3 is 1. The van der Waals surface area contributed by atoms with Gasteiger partial charge in [-0.2, -0.15) is 18.3 Å². The van der Waals surface area contributed by atoms with Crippen molar-refractivity contribution >= 4 is 23.2 Å². The third-order valence-electron chi connectivity index (χ3n) is 5.66. The Kier molecular flexibility index (Phi) is 8.19. The van der Waals surface area contributed by atoms with Crippen LogP contribution in [0.15, 0.2) is 23.0 Å². The maximum atomic E-state index is 12.9. The normalized spacial score (nSPS) is 15.7. The van der Waals surface area contributed by atoms with Crippen LogP contribution >= 0.6 is 11.6 Å². The maximum absolute atomic E-state index is 12.9. The molecule has 1 saturated heterocycles. The monoisotopic (exact) mass is 489 g/mol. The second-order valence-corrected chi connectivity index (χ2v) is 8.30. The summed E-state index contributed by atoms with van der Waals surface area (Å²) in [6.07, 6.45) is -3.11. The van der Waals surface area contributed by atoms with Crippen molar-refractivity contribution in [2.24, 2.45) is 0 Å². The topological polar surface area (TPSA) is 81.4 Å². The van der Waals surface area contributed by atoms with Crippen LogP contribution in [0, 0.1) is 0 Å². The van der Waals surface area contributed by atoms with Crippen LogP contribution in [0.25, 0.3) is 0 Å². The van der Waals surface area contributed by atoms with Crippen molar-refractivity contribution < 1.29 is 22.7 Å².